The van der Waals surface area contributed by atoms with Gasteiger partial charge in [-0.25, -0.2) is 14.2 Å². The van der Waals surface area contributed by atoms with Crippen molar-refractivity contribution in [2.24, 2.45) is 5.92 Å². The Balaban J connectivity index is 1.63. The van der Waals surface area contributed by atoms with E-state index >= 15 is 0 Å². The van der Waals surface area contributed by atoms with Gasteiger partial charge in [0.25, 0.3) is 0 Å². The van der Waals surface area contributed by atoms with Crippen molar-refractivity contribution in [1.29, 1.82) is 0 Å². The molecule has 6 nitrogen and oxygen atoms in total. The molecule has 6 heteroatoms. The standard InChI is InChI=1S/C28H30N2O4/c1-2-3-11-23-19-30(26(31)22-9-5-4-6-10-22)28(34)29(23)18-20-14-16-21(17-15-20)24-12-7-8-13-25(24)27(32)33/h2-3,7-8,12-17,19,22H,4-6,9-11,18H2,1H3,(H,32,33). The first-order valence-electron chi connectivity index (χ1n) is 11.9. The van der Waals surface area contributed by atoms with Gasteiger partial charge in [-0.05, 0) is 42.5 Å². The van der Waals surface area contributed by atoms with Crippen molar-refractivity contribution in [3.8, 4) is 11.1 Å². The number of allylic oxidation sites excluding steroid dienone is 2. The molecule has 176 valence electrons. The van der Waals surface area contributed by atoms with E-state index in [-0.39, 0.29) is 23.1 Å². The molecule has 4 rings (SSSR count). The molecule has 1 aromatic heterocycles. The van der Waals surface area contributed by atoms with Crippen LogP contribution in [0.2, 0.25) is 0 Å². The van der Waals surface area contributed by atoms with E-state index in [4.69, 9.17) is 0 Å². The summed E-state index contributed by atoms with van der Waals surface area (Å²) >= 11 is 0. The second-order valence-electron chi connectivity index (χ2n) is 8.85. The molecule has 0 radical (unpaired) electrons. The third kappa shape index (κ3) is 4.96. The highest BCUT2D eigenvalue weighted by Gasteiger charge is 2.25. The van der Waals surface area contributed by atoms with Crippen LogP contribution in [0, 0.1) is 5.92 Å². The van der Waals surface area contributed by atoms with Gasteiger partial charge in [-0.1, -0.05) is 73.9 Å². The highest BCUT2D eigenvalue weighted by Crippen LogP contribution is 2.26. The quantitative estimate of drug-likeness (QED) is 0.481. The molecule has 0 spiro atoms. The Morgan fingerprint density at radius 2 is 1.74 bits per heavy atom. The summed E-state index contributed by atoms with van der Waals surface area (Å²) in [4.78, 5) is 37.9. The van der Waals surface area contributed by atoms with Gasteiger partial charge in [0.1, 0.15) is 0 Å². The summed E-state index contributed by atoms with van der Waals surface area (Å²) in [7, 11) is 0. The average molecular weight is 459 g/mol. The number of nitrogens with zero attached hydrogens (tertiary/aromatic N) is 2. The van der Waals surface area contributed by atoms with Crippen LogP contribution < -0.4 is 5.69 Å². The minimum absolute atomic E-state index is 0.0783. The van der Waals surface area contributed by atoms with E-state index < -0.39 is 5.97 Å². The van der Waals surface area contributed by atoms with Crippen LogP contribution in [0.4, 0.5) is 0 Å². The summed E-state index contributed by atoms with van der Waals surface area (Å²) in [5.74, 6) is -1.14. The topological polar surface area (TPSA) is 81.3 Å². The molecule has 2 aromatic carbocycles. The number of hydrogen-bond donors (Lipinski definition) is 1. The van der Waals surface area contributed by atoms with E-state index in [1.54, 1.807) is 29.0 Å². The van der Waals surface area contributed by atoms with Crippen molar-refractivity contribution in [3.63, 3.8) is 0 Å². The van der Waals surface area contributed by atoms with Gasteiger partial charge in [-0.3, -0.25) is 9.36 Å². The van der Waals surface area contributed by atoms with Gasteiger partial charge in [0.05, 0.1) is 12.1 Å². The van der Waals surface area contributed by atoms with Crippen LogP contribution in [0.3, 0.4) is 0 Å². The Bertz CT molecular complexity index is 1260. The molecular formula is C28H30N2O4. The molecule has 1 aliphatic carbocycles. The predicted octanol–water partition coefficient (Wildman–Crippen LogP) is 5.40. The minimum Gasteiger partial charge on any atom is -0.478 e. The number of imidazole rings is 1. The summed E-state index contributed by atoms with van der Waals surface area (Å²) in [5, 5.41) is 9.48. The van der Waals surface area contributed by atoms with Crippen molar-refractivity contribution in [3.05, 3.63) is 94.2 Å². The van der Waals surface area contributed by atoms with E-state index in [0.717, 1.165) is 48.9 Å². The monoisotopic (exact) mass is 458 g/mol. The fourth-order valence-electron chi connectivity index (χ4n) is 4.70. The smallest absolute Gasteiger partial charge is 0.336 e. The molecule has 0 saturated heterocycles. The molecule has 1 N–H and O–H groups in total. The molecule has 0 bridgehead atoms. The molecule has 3 aromatic rings. The number of carboxylic acids is 1. The van der Waals surface area contributed by atoms with Gasteiger partial charge >= 0.3 is 11.7 Å². The first-order chi connectivity index (χ1) is 16.5. The maximum atomic E-state index is 13.3. The van der Waals surface area contributed by atoms with Crippen LogP contribution in [0.1, 0.15) is 65.4 Å². The normalized spacial score (nSPS) is 14.5. The molecule has 1 heterocycles. The average Bonchev–Trinajstić information content (AvgIpc) is 3.18. The van der Waals surface area contributed by atoms with Crippen LogP contribution in [0.5, 0.6) is 0 Å². The number of carbonyl (C=O) groups is 2. The second kappa shape index (κ2) is 10.5. The van der Waals surface area contributed by atoms with Crippen molar-refractivity contribution in [2.45, 2.75) is 52.0 Å². The fraction of sp³-hybridized carbons (Fsp3) is 0.321. The van der Waals surface area contributed by atoms with Crippen molar-refractivity contribution in [2.75, 3.05) is 0 Å². The summed E-state index contributed by atoms with van der Waals surface area (Å²) in [5.41, 5.74) is 3.11. The first-order valence-corrected chi connectivity index (χ1v) is 11.9. The Kier molecular flexibility index (Phi) is 7.26. The zero-order chi connectivity index (χ0) is 24.1. The van der Waals surface area contributed by atoms with E-state index in [0.29, 0.717) is 18.5 Å². The number of hydrogen-bond acceptors (Lipinski definition) is 3. The summed E-state index contributed by atoms with van der Waals surface area (Å²) in [6.45, 7) is 2.28. The Hall–Kier alpha value is -3.67. The lowest BCUT2D eigenvalue weighted by Gasteiger charge is -2.19. The zero-order valence-corrected chi connectivity index (χ0v) is 19.4. The Morgan fingerprint density at radius 1 is 1.03 bits per heavy atom. The van der Waals surface area contributed by atoms with Gasteiger partial charge in [0.15, 0.2) is 0 Å². The van der Waals surface area contributed by atoms with Crippen LogP contribution >= 0.6 is 0 Å². The summed E-state index contributed by atoms with van der Waals surface area (Å²) in [6.07, 6.45) is 11.1. The van der Waals surface area contributed by atoms with Crippen molar-refractivity contribution in [1.82, 2.24) is 9.13 Å². The summed E-state index contributed by atoms with van der Waals surface area (Å²) < 4.78 is 2.98. The van der Waals surface area contributed by atoms with Gasteiger partial charge < -0.3 is 5.11 Å². The number of benzene rings is 2. The van der Waals surface area contributed by atoms with Crippen LogP contribution in [0.15, 0.2) is 71.7 Å². The SMILES string of the molecule is CC=CCc1cn(C(=O)C2CCCCC2)c(=O)n1Cc1ccc(-c2ccccc2C(=O)O)cc1. The molecule has 34 heavy (non-hydrogen) atoms. The highest BCUT2D eigenvalue weighted by molar-refractivity contribution is 5.96. The molecule has 0 unspecified atom stereocenters. The third-order valence-electron chi connectivity index (χ3n) is 6.58. The van der Waals surface area contributed by atoms with Gasteiger partial charge in [-0.15, -0.1) is 0 Å². The number of carbonyl (C=O) groups excluding carboxylic acids is 1. The lowest BCUT2D eigenvalue weighted by Crippen LogP contribution is -2.34. The van der Waals surface area contributed by atoms with E-state index in [1.165, 1.54) is 4.57 Å². The maximum Gasteiger partial charge on any atom is 0.336 e. The third-order valence-corrected chi connectivity index (χ3v) is 6.58. The molecule has 1 aliphatic rings. The van der Waals surface area contributed by atoms with Gasteiger partial charge in [-0.2, -0.15) is 0 Å². The van der Waals surface area contributed by atoms with Gasteiger partial charge in [0.2, 0.25) is 5.91 Å². The highest BCUT2D eigenvalue weighted by atomic mass is 16.4. The largest absolute Gasteiger partial charge is 0.478 e. The minimum atomic E-state index is -0.969. The van der Waals surface area contributed by atoms with Gasteiger partial charge in [0, 0.05) is 24.2 Å². The number of aromatic carboxylic acids is 1. The molecule has 0 atom stereocenters. The van der Waals surface area contributed by atoms with Crippen LogP contribution in [-0.4, -0.2) is 26.1 Å². The molecule has 0 aliphatic heterocycles. The number of rotatable bonds is 7. The van der Waals surface area contributed by atoms with Crippen LogP contribution in [-0.2, 0) is 13.0 Å². The Morgan fingerprint density at radius 3 is 2.41 bits per heavy atom. The lowest BCUT2D eigenvalue weighted by atomic mass is 9.88. The van der Waals surface area contributed by atoms with Crippen molar-refractivity contribution >= 4 is 11.9 Å². The molecule has 0 amide bonds. The first kappa shape index (κ1) is 23.5. The van der Waals surface area contributed by atoms with Crippen LogP contribution in [0.25, 0.3) is 11.1 Å². The second-order valence-corrected chi connectivity index (χ2v) is 8.85. The molecular weight excluding hydrogens is 428 g/mol. The predicted molar refractivity (Wildman–Crippen MR) is 132 cm³/mol. The lowest BCUT2D eigenvalue weighted by molar-refractivity contribution is 0.0697. The maximum absolute atomic E-state index is 13.3. The van der Waals surface area contributed by atoms with E-state index in [1.807, 2.05) is 49.4 Å². The zero-order valence-electron chi connectivity index (χ0n) is 19.4. The van der Waals surface area contributed by atoms with E-state index in [2.05, 4.69) is 0 Å². The van der Waals surface area contributed by atoms with Crippen molar-refractivity contribution < 1.29 is 14.7 Å². The summed E-state index contributed by atoms with van der Waals surface area (Å²) in [6, 6.07) is 14.4. The molecule has 1 fully saturated rings. The number of aromatic nitrogens is 2. The fourth-order valence-corrected chi connectivity index (χ4v) is 4.70. The number of carboxylic acid groups (broad SMARTS) is 1. The Labute approximate surface area is 199 Å². The molecule has 1 saturated carbocycles. The van der Waals surface area contributed by atoms with E-state index in [9.17, 15) is 19.5 Å².